The van der Waals surface area contributed by atoms with Gasteiger partial charge in [0.1, 0.15) is 6.10 Å². The Morgan fingerprint density at radius 2 is 2.00 bits per heavy atom. The molecule has 0 spiro atoms. The van der Waals surface area contributed by atoms with Crippen molar-refractivity contribution in [3.63, 3.8) is 0 Å². The third-order valence-electron chi connectivity index (χ3n) is 3.56. The topological polar surface area (TPSA) is 38.3 Å². The molecule has 1 N–H and O–H groups in total. The van der Waals surface area contributed by atoms with E-state index in [1.807, 2.05) is 0 Å². The average molecular weight is 246 g/mol. The Labute approximate surface area is 102 Å². The number of hydrogen-bond donors (Lipinski definition) is 1. The zero-order valence-corrected chi connectivity index (χ0v) is 10.3. The van der Waals surface area contributed by atoms with Crippen LogP contribution in [0.3, 0.4) is 0 Å². The molecule has 0 aromatic rings. The van der Waals surface area contributed by atoms with Crippen LogP contribution < -0.4 is 5.32 Å². The first-order valence-electron chi connectivity index (χ1n) is 6.29. The van der Waals surface area contributed by atoms with Crippen LogP contribution >= 0.6 is 11.6 Å². The van der Waals surface area contributed by atoms with E-state index in [-0.39, 0.29) is 12.0 Å². The molecule has 1 heterocycles. The van der Waals surface area contributed by atoms with Crippen molar-refractivity contribution in [3.05, 3.63) is 0 Å². The highest BCUT2D eigenvalue weighted by Crippen LogP contribution is 2.27. The van der Waals surface area contributed by atoms with Gasteiger partial charge in [-0.15, -0.1) is 11.6 Å². The van der Waals surface area contributed by atoms with Crippen LogP contribution in [0.4, 0.5) is 0 Å². The minimum absolute atomic E-state index is 0.0745. The van der Waals surface area contributed by atoms with Gasteiger partial charge in [-0.1, -0.05) is 0 Å². The first kappa shape index (κ1) is 12.2. The Bertz CT molecular complexity index is 233. The highest BCUT2D eigenvalue weighted by atomic mass is 35.5. The fourth-order valence-corrected chi connectivity index (χ4v) is 2.72. The number of hydrogen-bond acceptors (Lipinski definition) is 2. The van der Waals surface area contributed by atoms with Gasteiger partial charge >= 0.3 is 0 Å². The number of carbonyl (C=O) groups is 1. The lowest BCUT2D eigenvalue weighted by Gasteiger charge is -2.25. The largest absolute Gasteiger partial charge is 0.368 e. The molecule has 1 aliphatic heterocycles. The molecule has 1 saturated carbocycles. The van der Waals surface area contributed by atoms with Crippen molar-refractivity contribution in [2.24, 2.45) is 5.92 Å². The van der Waals surface area contributed by atoms with E-state index in [4.69, 9.17) is 16.3 Å². The maximum absolute atomic E-state index is 11.7. The summed E-state index contributed by atoms with van der Waals surface area (Å²) in [6, 6.07) is 0. The predicted molar refractivity (Wildman–Crippen MR) is 63.6 cm³/mol. The van der Waals surface area contributed by atoms with Gasteiger partial charge in [-0.25, -0.2) is 0 Å². The molecule has 1 aliphatic carbocycles. The van der Waals surface area contributed by atoms with Crippen molar-refractivity contribution >= 4 is 17.5 Å². The van der Waals surface area contributed by atoms with Gasteiger partial charge in [0, 0.05) is 18.5 Å². The molecule has 3 nitrogen and oxygen atoms in total. The van der Waals surface area contributed by atoms with E-state index in [1.165, 1.54) is 0 Å². The molecular weight excluding hydrogens is 226 g/mol. The molecule has 0 aromatic carbocycles. The van der Waals surface area contributed by atoms with Gasteiger partial charge in [-0.2, -0.15) is 0 Å². The van der Waals surface area contributed by atoms with E-state index in [0.29, 0.717) is 11.3 Å². The highest BCUT2D eigenvalue weighted by molar-refractivity contribution is 6.20. The van der Waals surface area contributed by atoms with Gasteiger partial charge in [-0.05, 0) is 44.4 Å². The maximum atomic E-state index is 11.7. The summed E-state index contributed by atoms with van der Waals surface area (Å²) >= 11 is 6.04. The summed E-state index contributed by atoms with van der Waals surface area (Å²) in [5.74, 6) is 0.686. The Balaban J connectivity index is 1.65. The molecule has 1 atom stereocenters. The smallest absolute Gasteiger partial charge is 0.249 e. The molecule has 2 rings (SSSR count). The van der Waals surface area contributed by atoms with E-state index in [2.05, 4.69) is 5.32 Å². The number of carbonyl (C=O) groups excluding carboxylic acids is 1. The number of rotatable bonds is 3. The Kier molecular flexibility index (Phi) is 4.47. The molecule has 16 heavy (non-hydrogen) atoms. The Hall–Kier alpha value is -0.280. The minimum atomic E-state index is -0.190. The number of amides is 1. The molecule has 1 amide bonds. The molecule has 0 radical (unpaired) electrons. The lowest BCUT2D eigenvalue weighted by atomic mass is 9.89. The first-order valence-corrected chi connectivity index (χ1v) is 6.72. The summed E-state index contributed by atoms with van der Waals surface area (Å²) < 4.78 is 5.34. The summed E-state index contributed by atoms with van der Waals surface area (Å²) in [6.45, 7) is 1.53. The predicted octanol–water partition coefficient (Wildman–Crippen LogP) is 2.08. The van der Waals surface area contributed by atoms with Crippen LogP contribution in [0.2, 0.25) is 0 Å². The van der Waals surface area contributed by atoms with E-state index in [0.717, 1.165) is 51.7 Å². The molecule has 0 aromatic heterocycles. The minimum Gasteiger partial charge on any atom is -0.368 e. The van der Waals surface area contributed by atoms with Gasteiger partial charge in [0.05, 0.1) is 0 Å². The van der Waals surface area contributed by atoms with Gasteiger partial charge in [0.2, 0.25) is 5.91 Å². The second kappa shape index (κ2) is 5.87. The third-order valence-corrected chi connectivity index (χ3v) is 4.00. The molecule has 1 saturated heterocycles. The highest BCUT2D eigenvalue weighted by Gasteiger charge is 2.25. The van der Waals surface area contributed by atoms with Gasteiger partial charge in [0.15, 0.2) is 0 Å². The number of ether oxygens (including phenoxy) is 1. The van der Waals surface area contributed by atoms with Crippen LogP contribution in [-0.4, -0.2) is 30.5 Å². The summed E-state index contributed by atoms with van der Waals surface area (Å²) in [4.78, 5) is 11.7. The first-order chi connectivity index (χ1) is 7.75. The van der Waals surface area contributed by atoms with Crippen molar-refractivity contribution < 1.29 is 9.53 Å². The van der Waals surface area contributed by atoms with Crippen molar-refractivity contribution in [1.82, 2.24) is 5.32 Å². The normalized spacial score (nSPS) is 34.9. The molecule has 2 fully saturated rings. The molecule has 0 bridgehead atoms. The molecule has 4 heteroatoms. The van der Waals surface area contributed by atoms with Gasteiger partial charge < -0.3 is 10.1 Å². The van der Waals surface area contributed by atoms with Crippen molar-refractivity contribution in [1.29, 1.82) is 0 Å². The van der Waals surface area contributed by atoms with E-state index >= 15 is 0 Å². The van der Waals surface area contributed by atoms with Gasteiger partial charge in [-0.3, -0.25) is 4.79 Å². The van der Waals surface area contributed by atoms with Crippen molar-refractivity contribution in [2.45, 2.75) is 50.0 Å². The third kappa shape index (κ3) is 3.36. The Morgan fingerprint density at radius 3 is 2.62 bits per heavy atom. The summed E-state index contributed by atoms with van der Waals surface area (Å²) in [5, 5.41) is 3.35. The quantitative estimate of drug-likeness (QED) is 0.774. The number of nitrogens with one attached hydrogen (secondary N) is 1. The van der Waals surface area contributed by atoms with Crippen LogP contribution in [-0.2, 0) is 9.53 Å². The van der Waals surface area contributed by atoms with E-state index < -0.39 is 0 Å². The van der Waals surface area contributed by atoms with Gasteiger partial charge in [0.25, 0.3) is 0 Å². The van der Waals surface area contributed by atoms with Crippen LogP contribution in [0.5, 0.6) is 0 Å². The molecule has 1 unspecified atom stereocenters. The van der Waals surface area contributed by atoms with E-state index in [1.54, 1.807) is 0 Å². The average Bonchev–Trinajstić information content (AvgIpc) is 2.81. The van der Waals surface area contributed by atoms with Crippen LogP contribution in [0.1, 0.15) is 38.5 Å². The maximum Gasteiger partial charge on any atom is 0.249 e. The van der Waals surface area contributed by atoms with Crippen LogP contribution in [0, 0.1) is 5.92 Å². The fourth-order valence-electron chi connectivity index (χ4n) is 2.47. The molecule has 92 valence electrons. The molecular formula is C12H20ClNO2. The zero-order chi connectivity index (χ0) is 11.4. The zero-order valence-electron chi connectivity index (χ0n) is 9.58. The number of halogens is 1. The standard InChI is InChI=1S/C12H20ClNO2/c13-10-5-3-9(4-6-10)8-14-12(15)11-2-1-7-16-11/h9-11H,1-8H2,(H,14,15). The number of alkyl halides is 1. The van der Waals surface area contributed by atoms with Crippen molar-refractivity contribution in [2.75, 3.05) is 13.2 Å². The summed E-state index contributed by atoms with van der Waals surface area (Å²) in [7, 11) is 0. The van der Waals surface area contributed by atoms with E-state index in [9.17, 15) is 4.79 Å². The lowest BCUT2D eigenvalue weighted by Crippen LogP contribution is -2.38. The Morgan fingerprint density at radius 1 is 1.25 bits per heavy atom. The molecule has 2 aliphatic rings. The van der Waals surface area contributed by atoms with Crippen molar-refractivity contribution in [3.8, 4) is 0 Å². The second-order valence-electron chi connectivity index (χ2n) is 4.86. The summed E-state index contributed by atoms with van der Waals surface area (Å²) in [6.07, 6.45) is 6.14. The summed E-state index contributed by atoms with van der Waals surface area (Å²) in [5.41, 5.74) is 0. The van der Waals surface area contributed by atoms with Crippen LogP contribution in [0.15, 0.2) is 0 Å². The monoisotopic (exact) mass is 245 g/mol. The van der Waals surface area contributed by atoms with Crippen LogP contribution in [0.25, 0.3) is 0 Å². The lowest BCUT2D eigenvalue weighted by molar-refractivity contribution is -0.130. The SMILES string of the molecule is O=C(NCC1CCC(Cl)CC1)C1CCCO1. The second-order valence-corrected chi connectivity index (χ2v) is 5.48. The fraction of sp³-hybridized carbons (Fsp3) is 0.917.